The molecule has 1 unspecified atom stereocenters. The molecule has 12 heteroatoms. The maximum absolute atomic E-state index is 12.0. The van der Waals surface area contributed by atoms with Crippen molar-refractivity contribution in [1.82, 2.24) is 29.5 Å². The molecule has 1 aliphatic rings. The molecular weight excluding hydrogens is 681 g/mol. The van der Waals surface area contributed by atoms with Crippen LogP contribution in [0, 0.1) is 6.92 Å². The van der Waals surface area contributed by atoms with Crippen LogP contribution in [-0.4, -0.2) is 88.1 Å². The SMILES string of the molecule is CCCC(CCC)Oc1nc(N(Cc2ccc(OC)cc2)Cc2ccc(OC)cc2)c2ncc(C(O)c3cnc(N4CCC(N(C)C)CC4)c(C)c3)n2n1. The summed E-state index contributed by atoms with van der Waals surface area (Å²) in [5, 5.41) is 16.9. The highest BCUT2D eigenvalue weighted by atomic mass is 16.5. The average molecular weight is 737 g/mol. The maximum atomic E-state index is 12.0. The minimum Gasteiger partial charge on any atom is -0.497 e. The van der Waals surface area contributed by atoms with Gasteiger partial charge in [-0.3, -0.25) is 0 Å². The van der Waals surface area contributed by atoms with Gasteiger partial charge in [0.25, 0.3) is 0 Å². The number of methoxy groups -OCH3 is 2. The van der Waals surface area contributed by atoms with Crippen molar-refractivity contribution in [3.05, 3.63) is 94.9 Å². The largest absolute Gasteiger partial charge is 0.497 e. The zero-order valence-electron chi connectivity index (χ0n) is 32.9. The van der Waals surface area contributed by atoms with Gasteiger partial charge in [-0.1, -0.05) is 51.0 Å². The van der Waals surface area contributed by atoms with Crippen molar-refractivity contribution in [2.24, 2.45) is 0 Å². The summed E-state index contributed by atoms with van der Waals surface area (Å²) in [6, 6.07) is 18.9. The van der Waals surface area contributed by atoms with Gasteiger partial charge in [-0.2, -0.15) is 4.98 Å². The molecule has 0 bridgehead atoms. The van der Waals surface area contributed by atoms with Gasteiger partial charge in [0.2, 0.25) is 0 Å². The van der Waals surface area contributed by atoms with E-state index in [4.69, 9.17) is 34.3 Å². The van der Waals surface area contributed by atoms with Crippen molar-refractivity contribution in [3.63, 3.8) is 0 Å². The molecule has 0 radical (unpaired) electrons. The molecule has 0 aliphatic carbocycles. The number of benzene rings is 2. The van der Waals surface area contributed by atoms with Crippen molar-refractivity contribution in [3.8, 4) is 17.5 Å². The average Bonchev–Trinajstić information content (AvgIpc) is 3.62. The number of pyridine rings is 1. The number of anilines is 2. The lowest BCUT2D eigenvalue weighted by Gasteiger charge is -2.36. The zero-order valence-corrected chi connectivity index (χ0v) is 32.9. The highest BCUT2D eigenvalue weighted by Crippen LogP contribution is 2.32. The van der Waals surface area contributed by atoms with Gasteiger partial charge in [-0.05, 0) is 93.7 Å². The summed E-state index contributed by atoms with van der Waals surface area (Å²) in [5.74, 6) is 3.14. The van der Waals surface area contributed by atoms with Crippen LogP contribution in [0.3, 0.4) is 0 Å². The molecule has 1 atom stereocenters. The smallest absolute Gasteiger partial charge is 0.336 e. The van der Waals surface area contributed by atoms with E-state index in [9.17, 15) is 5.11 Å². The van der Waals surface area contributed by atoms with Gasteiger partial charge in [-0.25, -0.2) is 14.5 Å². The van der Waals surface area contributed by atoms with Crippen LogP contribution in [0.1, 0.15) is 86.4 Å². The number of ether oxygens (including phenoxy) is 3. The van der Waals surface area contributed by atoms with E-state index < -0.39 is 6.10 Å². The summed E-state index contributed by atoms with van der Waals surface area (Å²) in [6.45, 7) is 9.33. The van der Waals surface area contributed by atoms with Crippen molar-refractivity contribution in [2.75, 3.05) is 51.2 Å². The van der Waals surface area contributed by atoms with Crippen LogP contribution >= 0.6 is 0 Å². The molecule has 2 aromatic carbocycles. The number of aliphatic hydroxyl groups excluding tert-OH is 1. The van der Waals surface area contributed by atoms with E-state index >= 15 is 0 Å². The highest BCUT2D eigenvalue weighted by Gasteiger charge is 2.27. The lowest BCUT2D eigenvalue weighted by atomic mass is 10.0. The second-order valence-corrected chi connectivity index (χ2v) is 14.5. The molecule has 54 heavy (non-hydrogen) atoms. The third kappa shape index (κ3) is 9.05. The number of imidazole rings is 1. The van der Waals surface area contributed by atoms with Crippen LogP contribution in [0.25, 0.3) is 5.65 Å². The fraction of sp³-hybridized carbons (Fsp3) is 0.476. The van der Waals surface area contributed by atoms with Crippen molar-refractivity contribution < 1.29 is 19.3 Å². The minimum absolute atomic E-state index is 0.0407. The molecule has 4 heterocycles. The lowest BCUT2D eigenvalue weighted by Crippen LogP contribution is -2.42. The summed E-state index contributed by atoms with van der Waals surface area (Å²) in [6.07, 6.45) is 8.31. The lowest BCUT2D eigenvalue weighted by molar-refractivity contribution is 0.160. The van der Waals surface area contributed by atoms with E-state index in [0.29, 0.717) is 41.9 Å². The Labute approximate surface area is 319 Å². The topological polar surface area (TPSA) is 114 Å². The number of hydrogen-bond acceptors (Lipinski definition) is 11. The number of aromatic nitrogens is 5. The quantitative estimate of drug-likeness (QED) is 0.106. The van der Waals surface area contributed by atoms with Crippen LogP contribution in [0.15, 0.2) is 67.0 Å². The van der Waals surface area contributed by atoms with Gasteiger partial charge in [0.05, 0.1) is 26.1 Å². The number of fused-ring (bicyclic) bond motifs is 1. The Kier molecular flexibility index (Phi) is 12.9. The Morgan fingerprint density at radius 2 is 1.44 bits per heavy atom. The number of piperidine rings is 1. The molecule has 1 fully saturated rings. The van der Waals surface area contributed by atoms with E-state index in [1.54, 1.807) is 31.1 Å². The molecule has 0 spiro atoms. The normalized spacial score (nSPS) is 14.2. The first-order valence-corrected chi connectivity index (χ1v) is 19.2. The first-order valence-electron chi connectivity index (χ1n) is 19.2. The van der Waals surface area contributed by atoms with E-state index in [1.807, 2.05) is 30.3 Å². The van der Waals surface area contributed by atoms with Crippen molar-refractivity contribution in [1.29, 1.82) is 0 Å². The molecule has 5 aromatic rings. The van der Waals surface area contributed by atoms with Gasteiger partial charge < -0.3 is 34.0 Å². The Balaban J connectivity index is 1.40. The summed E-state index contributed by atoms with van der Waals surface area (Å²) >= 11 is 0. The van der Waals surface area contributed by atoms with Gasteiger partial charge in [0.15, 0.2) is 11.5 Å². The standard InChI is InChI=1S/C42H56N8O4/c1-8-10-36(11-9-2)54-42-45-41(49(27-30-12-16-34(52-6)17-13-30)28-31-14-18-35(53-7)19-15-31)40-44-26-37(50(40)46-42)38(51)32-24-29(3)39(43-25-32)48-22-20-33(21-23-48)47(4)5/h12-19,24-26,33,36,38,51H,8-11,20-23,27-28H2,1-7H3. The van der Waals surface area contributed by atoms with Gasteiger partial charge >= 0.3 is 6.01 Å². The molecule has 288 valence electrons. The number of hydrogen-bond donors (Lipinski definition) is 1. The first-order chi connectivity index (χ1) is 26.2. The Bertz CT molecular complexity index is 1890. The van der Waals surface area contributed by atoms with Crippen LogP contribution in [-0.2, 0) is 13.1 Å². The second-order valence-electron chi connectivity index (χ2n) is 14.5. The van der Waals surface area contributed by atoms with E-state index in [0.717, 1.165) is 85.6 Å². The molecule has 12 nitrogen and oxygen atoms in total. The van der Waals surface area contributed by atoms with Crippen LogP contribution in [0.2, 0.25) is 0 Å². The Hall–Kier alpha value is -4.94. The molecule has 0 saturated carbocycles. The maximum Gasteiger partial charge on any atom is 0.336 e. The molecule has 6 rings (SSSR count). The number of aliphatic hydroxyl groups is 1. The third-order valence-electron chi connectivity index (χ3n) is 10.4. The van der Waals surface area contributed by atoms with E-state index in [1.165, 1.54) is 0 Å². The highest BCUT2D eigenvalue weighted by molar-refractivity contribution is 5.65. The molecule has 0 amide bonds. The fourth-order valence-electron chi connectivity index (χ4n) is 7.31. The van der Waals surface area contributed by atoms with Gasteiger partial charge in [0, 0.05) is 44.0 Å². The van der Waals surface area contributed by atoms with Crippen LogP contribution in [0.5, 0.6) is 17.5 Å². The second kappa shape index (κ2) is 17.9. The zero-order chi connectivity index (χ0) is 38.2. The van der Waals surface area contributed by atoms with Crippen LogP contribution < -0.4 is 24.0 Å². The van der Waals surface area contributed by atoms with Crippen LogP contribution in [0.4, 0.5) is 11.6 Å². The monoisotopic (exact) mass is 736 g/mol. The molecule has 1 aliphatic heterocycles. The first kappa shape index (κ1) is 38.8. The predicted molar refractivity (Wildman–Crippen MR) is 213 cm³/mol. The number of rotatable bonds is 17. The number of nitrogens with zero attached hydrogens (tertiary/aromatic N) is 8. The fourth-order valence-corrected chi connectivity index (χ4v) is 7.31. The van der Waals surface area contributed by atoms with Gasteiger partial charge in [-0.15, -0.1) is 5.10 Å². The molecule has 3 aromatic heterocycles. The third-order valence-corrected chi connectivity index (χ3v) is 10.4. The number of aryl methyl sites for hydroxylation is 1. The van der Waals surface area contributed by atoms with Crippen molar-refractivity contribution >= 4 is 17.3 Å². The Morgan fingerprint density at radius 1 is 0.852 bits per heavy atom. The van der Waals surface area contributed by atoms with Crippen molar-refractivity contribution in [2.45, 2.75) is 90.6 Å². The summed E-state index contributed by atoms with van der Waals surface area (Å²) in [7, 11) is 7.63. The van der Waals surface area contributed by atoms with E-state index in [2.05, 4.69) is 73.8 Å². The summed E-state index contributed by atoms with van der Waals surface area (Å²) in [4.78, 5) is 21.6. The van der Waals surface area contributed by atoms with E-state index in [-0.39, 0.29) is 12.1 Å². The molecular formula is C42H56N8O4. The predicted octanol–water partition coefficient (Wildman–Crippen LogP) is 7.01. The molecule has 1 saturated heterocycles. The summed E-state index contributed by atoms with van der Waals surface area (Å²) in [5.41, 5.74) is 4.86. The van der Waals surface area contributed by atoms with Gasteiger partial charge in [0.1, 0.15) is 29.5 Å². The Morgan fingerprint density at radius 3 is 1.96 bits per heavy atom. The minimum atomic E-state index is -1.03. The molecule has 1 N–H and O–H groups in total. The summed E-state index contributed by atoms with van der Waals surface area (Å²) < 4.78 is 19.1.